The van der Waals surface area contributed by atoms with Gasteiger partial charge in [0.2, 0.25) is 0 Å². The van der Waals surface area contributed by atoms with Crippen LogP contribution in [0.15, 0.2) is 53.5 Å². The van der Waals surface area contributed by atoms with Crippen molar-refractivity contribution in [3.63, 3.8) is 0 Å². The summed E-state index contributed by atoms with van der Waals surface area (Å²) in [4.78, 5) is 4.31. The zero-order valence-corrected chi connectivity index (χ0v) is 12.3. The first-order chi connectivity index (χ1) is 9.13. The molecule has 0 amide bonds. The number of hydrogen-bond acceptors (Lipinski definition) is 2. The predicted molar refractivity (Wildman–Crippen MR) is 85.5 cm³/mol. The minimum atomic E-state index is 0.525. The molecule has 2 rings (SSSR count). The van der Waals surface area contributed by atoms with Gasteiger partial charge in [0.15, 0.2) is 5.17 Å². The van der Waals surface area contributed by atoms with Crippen LogP contribution in [0.3, 0.4) is 0 Å². The van der Waals surface area contributed by atoms with E-state index in [0.29, 0.717) is 10.2 Å². The summed E-state index contributed by atoms with van der Waals surface area (Å²) in [7, 11) is 0. The molecule has 0 atom stereocenters. The number of thioether (sulfide) groups is 1. The summed E-state index contributed by atoms with van der Waals surface area (Å²) in [6, 6.07) is 14.9. The summed E-state index contributed by atoms with van der Waals surface area (Å²) in [5.41, 5.74) is 7.83. The standard InChI is InChI=1S/C14H12Cl2N2S/c15-11-3-1-10(2-4-11)9-19-14(17)18-13-7-5-12(16)6-8-13/h1-8H,9H2,(H2,17,18). The van der Waals surface area contributed by atoms with Gasteiger partial charge in [-0.1, -0.05) is 47.1 Å². The largest absolute Gasteiger partial charge is 0.378 e. The zero-order chi connectivity index (χ0) is 13.7. The Morgan fingerprint density at radius 3 is 2.05 bits per heavy atom. The number of hydrogen-bond donors (Lipinski definition) is 1. The number of nitrogens with zero attached hydrogens (tertiary/aromatic N) is 1. The van der Waals surface area contributed by atoms with Gasteiger partial charge < -0.3 is 5.73 Å². The zero-order valence-electron chi connectivity index (χ0n) is 10.0. The van der Waals surface area contributed by atoms with Crippen LogP contribution in [0.25, 0.3) is 0 Å². The first-order valence-electron chi connectivity index (χ1n) is 5.60. The monoisotopic (exact) mass is 310 g/mol. The number of halogens is 2. The third-order valence-electron chi connectivity index (χ3n) is 2.37. The first-order valence-corrected chi connectivity index (χ1v) is 7.34. The van der Waals surface area contributed by atoms with Gasteiger partial charge in [-0.05, 0) is 42.0 Å². The average Bonchev–Trinajstić information content (AvgIpc) is 2.41. The molecule has 0 aliphatic carbocycles. The van der Waals surface area contributed by atoms with E-state index in [0.717, 1.165) is 22.0 Å². The number of nitrogens with two attached hydrogens (primary N) is 1. The number of benzene rings is 2. The van der Waals surface area contributed by atoms with Gasteiger partial charge in [-0.2, -0.15) is 0 Å². The van der Waals surface area contributed by atoms with Crippen molar-refractivity contribution in [3.8, 4) is 0 Å². The molecule has 0 saturated carbocycles. The molecule has 0 unspecified atom stereocenters. The van der Waals surface area contributed by atoms with E-state index in [1.54, 1.807) is 12.1 Å². The minimum Gasteiger partial charge on any atom is -0.378 e. The van der Waals surface area contributed by atoms with Crippen molar-refractivity contribution in [1.82, 2.24) is 0 Å². The van der Waals surface area contributed by atoms with Gasteiger partial charge in [0.25, 0.3) is 0 Å². The fraction of sp³-hybridized carbons (Fsp3) is 0.0714. The van der Waals surface area contributed by atoms with Gasteiger partial charge in [0, 0.05) is 15.8 Å². The Morgan fingerprint density at radius 2 is 1.47 bits per heavy atom. The molecule has 2 aromatic rings. The SMILES string of the molecule is NC(=Nc1ccc(Cl)cc1)SCc1ccc(Cl)cc1. The van der Waals surface area contributed by atoms with Crippen molar-refractivity contribution in [3.05, 3.63) is 64.1 Å². The molecule has 2 nitrogen and oxygen atoms in total. The normalized spacial score (nSPS) is 11.6. The van der Waals surface area contributed by atoms with E-state index in [1.165, 1.54) is 11.8 Å². The summed E-state index contributed by atoms with van der Waals surface area (Å²) in [6.45, 7) is 0. The number of amidine groups is 1. The Labute approximate surface area is 126 Å². The molecule has 2 N–H and O–H groups in total. The van der Waals surface area contributed by atoms with Crippen molar-refractivity contribution in [2.75, 3.05) is 0 Å². The van der Waals surface area contributed by atoms with Gasteiger partial charge in [-0.15, -0.1) is 0 Å². The molecule has 0 bridgehead atoms. The van der Waals surface area contributed by atoms with Crippen molar-refractivity contribution >= 4 is 45.8 Å². The van der Waals surface area contributed by atoms with Crippen LogP contribution in [0.1, 0.15) is 5.56 Å². The first kappa shape index (κ1) is 14.3. The van der Waals surface area contributed by atoms with E-state index in [-0.39, 0.29) is 0 Å². The fourth-order valence-electron chi connectivity index (χ4n) is 1.41. The minimum absolute atomic E-state index is 0.525. The maximum Gasteiger partial charge on any atom is 0.159 e. The average molecular weight is 311 g/mol. The number of aliphatic imine (C=N–C) groups is 1. The predicted octanol–water partition coefficient (Wildman–Crippen LogP) is 4.87. The van der Waals surface area contributed by atoms with Crippen molar-refractivity contribution in [1.29, 1.82) is 0 Å². The van der Waals surface area contributed by atoms with Crippen LogP contribution < -0.4 is 5.73 Å². The van der Waals surface area contributed by atoms with E-state index in [9.17, 15) is 0 Å². The molecule has 0 fully saturated rings. The maximum atomic E-state index is 5.88. The highest BCUT2D eigenvalue weighted by atomic mass is 35.5. The van der Waals surface area contributed by atoms with E-state index in [1.807, 2.05) is 36.4 Å². The molecule has 0 saturated heterocycles. The molecule has 2 aromatic carbocycles. The lowest BCUT2D eigenvalue weighted by molar-refractivity contribution is 1.42. The fourth-order valence-corrected chi connectivity index (χ4v) is 2.34. The Hall–Kier alpha value is -1.16. The Balaban J connectivity index is 1.95. The lowest BCUT2D eigenvalue weighted by Gasteiger charge is -2.02. The second-order valence-corrected chi connectivity index (χ2v) is 5.71. The Kier molecular flexibility index (Phi) is 5.14. The Bertz CT molecular complexity index is 565. The molecule has 0 heterocycles. The quantitative estimate of drug-likeness (QED) is 0.648. The van der Waals surface area contributed by atoms with Crippen molar-refractivity contribution < 1.29 is 0 Å². The van der Waals surface area contributed by atoms with Crippen molar-refractivity contribution in [2.45, 2.75) is 5.75 Å². The van der Waals surface area contributed by atoms with Crippen molar-refractivity contribution in [2.24, 2.45) is 10.7 Å². The molecular formula is C14H12Cl2N2S. The van der Waals surface area contributed by atoms with Crippen LogP contribution in [0.2, 0.25) is 10.0 Å². The molecule has 0 aliphatic rings. The highest BCUT2D eigenvalue weighted by molar-refractivity contribution is 8.13. The number of rotatable bonds is 3. The van der Waals surface area contributed by atoms with Crippen LogP contribution in [-0.2, 0) is 5.75 Å². The van der Waals surface area contributed by atoms with Gasteiger partial charge in [0.05, 0.1) is 5.69 Å². The van der Waals surface area contributed by atoms with E-state index >= 15 is 0 Å². The summed E-state index contributed by atoms with van der Waals surface area (Å²) < 4.78 is 0. The highest BCUT2D eigenvalue weighted by Crippen LogP contribution is 2.20. The third-order valence-corrected chi connectivity index (χ3v) is 3.73. The Morgan fingerprint density at radius 1 is 0.947 bits per heavy atom. The van der Waals surface area contributed by atoms with Gasteiger partial charge in [0.1, 0.15) is 0 Å². The van der Waals surface area contributed by atoms with Gasteiger partial charge in [-0.3, -0.25) is 0 Å². The summed E-state index contributed by atoms with van der Waals surface area (Å²) in [5, 5.41) is 1.94. The molecule has 98 valence electrons. The maximum absolute atomic E-state index is 5.88. The topological polar surface area (TPSA) is 38.4 Å². The van der Waals surface area contributed by atoms with Crippen LogP contribution in [0, 0.1) is 0 Å². The van der Waals surface area contributed by atoms with Crippen LogP contribution in [0.4, 0.5) is 5.69 Å². The second-order valence-electron chi connectivity index (χ2n) is 3.84. The van der Waals surface area contributed by atoms with E-state index in [4.69, 9.17) is 28.9 Å². The van der Waals surface area contributed by atoms with Gasteiger partial charge in [-0.25, -0.2) is 4.99 Å². The molecule has 0 radical (unpaired) electrons. The van der Waals surface area contributed by atoms with Crippen LogP contribution in [-0.4, -0.2) is 5.17 Å². The van der Waals surface area contributed by atoms with Gasteiger partial charge >= 0.3 is 0 Å². The van der Waals surface area contributed by atoms with Crippen LogP contribution in [0.5, 0.6) is 0 Å². The smallest absolute Gasteiger partial charge is 0.159 e. The summed E-state index contributed by atoms with van der Waals surface area (Å²) in [6.07, 6.45) is 0. The molecular weight excluding hydrogens is 299 g/mol. The third kappa shape index (κ3) is 4.78. The molecule has 0 aromatic heterocycles. The van der Waals surface area contributed by atoms with E-state index < -0.39 is 0 Å². The lowest BCUT2D eigenvalue weighted by Crippen LogP contribution is -2.06. The molecule has 0 spiro atoms. The summed E-state index contributed by atoms with van der Waals surface area (Å²) in [5.74, 6) is 0.764. The van der Waals surface area contributed by atoms with E-state index in [2.05, 4.69) is 4.99 Å². The lowest BCUT2D eigenvalue weighted by atomic mass is 10.2. The molecule has 0 aliphatic heterocycles. The molecule has 5 heteroatoms. The molecule has 19 heavy (non-hydrogen) atoms. The summed E-state index contributed by atoms with van der Waals surface area (Å²) >= 11 is 13.1. The van der Waals surface area contributed by atoms with Crippen LogP contribution >= 0.6 is 35.0 Å². The highest BCUT2D eigenvalue weighted by Gasteiger charge is 1.98. The second kappa shape index (κ2) is 6.85.